The smallest absolute Gasteiger partial charge is 0.358 e. The number of amides is 1. The zero-order valence-corrected chi connectivity index (χ0v) is 18.0. The molecule has 0 unspecified atom stereocenters. The van der Waals surface area contributed by atoms with Crippen LogP contribution in [-0.2, 0) is 11.8 Å². The number of esters is 1. The number of hydrogen-bond acceptors (Lipinski definition) is 4. The number of carbonyl (C=O) groups is 2. The van der Waals surface area contributed by atoms with Gasteiger partial charge in [0.1, 0.15) is 5.69 Å². The lowest BCUT2D eigenvalue weighted by Gasteiger charge is -2.09. The van der Waals surface area contributed by atoms with Gasteiger partial charge in [-0.1, -0.05) is 24.3 Å². The summed E-state index contributed by atoms with van der Waals surface area (Å²) in [7, 11) is 1.86. The molecule has 0 saturated heterocycles. The molecule has 0 saturated carbocycles. The zero-order valence-electron chi connectivity index (χ0n) is 16.4. The number of aromatic nitrogens is 3. The maximum Gasteiger partial charge on any atom is 0.358 e. The highest BCUT2D eigenvalue weighted by Gasteiger charge is 2.19. The van der Waals surface area contributed by atoms with Crippen molar-refractivity contribution in [2.75, 3.05) is 11.9 Å². The predicted octanol–water partition coefficient (Wildman–Crippen LogP) is 4.56. The lowest BCUT2D eigenvalue weighted by atomic mass is 10.2. The molecule has 0 atom stereocenters. The van der Waals surface area contributed by atoms with Gasteiger partial charge in [0.05, 0.1) is 16.8 Å². The van der Waals surface area contributed by atoms with Gasteiger partial charge in [0.25, 0.3) is 5.91 Å². The van der Waals surface area contributed by atoms with Crippen LogP contribution in [0.15, 0.2) is 65.3 Å². The Morgan fingerprint density at radius 2 is 1.93 bits per heavy atom. The van der Waals surface area contributed by atoms with Crippen LogP contribution in [-0.4, -0.2) is 32.8 Å². The molecule has 0 aliphatic rings. The van der Waals surface area contributed by atoms with Crippen molar-refractivity contribution in [1.82, 2.24) is 14.3 Å². The van der Waals surface area contributed by atoms with E-state index >= 15 is 0 Å². The lowest BCUT2D eigenvalue weighted by molar-refractivity contribution is 0.0519. The lowest BCUT2D eigenvalue weighted by Crippen LogP contribution is -2.16. The van der Waals surface area contributed by atoms with Crippen molar-refractivity contribution in [1.29, 1.82) is 0 Å². The highest BCUT2D eigenvalue weighted by Crippen LogP contribution is 2.30. The van der Waals surface area contributed by atoms with Crippen LogP contribution >= 0.6 is 15.9 Å². The fourth-order valence-electron chi connectivity index (χ4n) is 3.30. The van der Waals surface area contributed by atoms with E-state index < -0.39 is 5.97 Å². The van der Waals surface area contributed by atoms with Gasteiger partial charge < -0.3 is 14.6 Å². The summed E-state index contributed by atoms with van der Waals surface area (Å²) in [6.07, 6.45) is 1.67. The molecule has 4 aromatic rings. The quantitative estimate of drug-likeness (QED) is 0.437. The standard InChI is InChI=1S/C22H19BrN4O3/c1-3-30-22(29)17-11-12-27(25-17)15-8-6-7-14(13-15)24-21(28)20-19(23)16-9-4-5-10-18(16)26(20)2/h4-13H,3H2,1-2H3,(H,24,28). The number of carbonyl (C=O) groups excluding carboxylic acids is 2. The van der Waals surface area contributed by atoms with Crippen molar-refractivity contribution >= 4 is 44.4 Å². The number of ether oxygens (including phenoxy) is 1. The summed E-state index contributed by atoms with van der Waals surface area (Å²) in [5.74, 6) is -0.702. The Labute approximate surface area is 181 Å². The third-order valence-corrected chi connectivity index (χ3v) is 5.51. The molecule has 0 radical (unpaired) electrons. The number of hydrogen-bond donors (Lipinski definition) is 1. The Kier molecular flexibility index (Phi) is 5.41. The largest absolute Gasteiger partial charge is 0.461 e. The molecule has 0 bridgehead atoms. The number of rotatable bonds is 5. The fraction of sp³-hybridized carbons (Fsp3) is 0.136. The minimum Gasteiger partial charge on any atom is -0.461 e. The molecule has 2 aromatic carbocycles. The van der Waals surface area contributed by atoms with Gasteiger partial charge in [0.2, 0.25) is 0 Å². The molecule has 2 heterocycles. The van der Waals surface area contributed by atoms with E-state index in [2.05, 4.69) is 26.3 Å². The first kappa shape index (κ1) is 19.9. The normalized spacial score (nSPS) is 10.9. The van der Waals surface area contributed by atoms with Crippen molar-refractivity contribution < 1.29 is 14.3 Å². The number of nitrogens with one attached hydrogen (secondary N) is 1. The highest BCUT2D eigenvalue weighted by molar-refractivity contribution is 9.10. The molecular weight excluding hydrogens is 448 g/mol. The van der Waals surface area contributed by atoms with E-state index in [1.165, 1.54) is 0 Å². The molecular formula is C22H19BrN4O3. The second-order valence-corrected chi connectivity index (χ2v) is 7.40. The molecule has 0 aliphatic heterocycles. The number of para-hydroxylation sites is 1. The van der Waals surface area contributed by atoms with Gasteiger partial charge in [-0.3, -0.25) is 4.79 Å². The van der Waals surface area contributed by atoms with Crippen LogP contribution in [0.5, 0.6) is 0 Å². The van der Waals surface area contributed by atoms with E-state index in [4.69, 9.17) is 4.74 Å². The Balaban J connectivity index is 1.60. The summed E-state index contributed by atoms with van der Waals surface area (Å²) in [5.41, 5.74) is 3.05. The van der Waals surface area contributed by atoms with E-state index in [1.807, 2.05) is 48.0 Å². The van der Waals surface area contributed by atoms with Crippen LogP contribution in [0.3, 0.4) is 0 Å². The monoisotopic (exact) mass is 466 g/mol. The Hall–Kier alpha value is -3.39. The number of halogens is 1. The Morgan fingerprint density at radius 3 is 2.70 bits per heavy atom. The summed E-state index contributed by atoms with van der Waals surface area (Å²) in [5, 5.41) is 8.16. The van der Waals surface area contributed by atoms with Gasteiger partial charge in [0, 0.05) is 29.8 Å². The van der Waals surface area contributed by atoms with Gasteiger partial charge >= 0.3 is 5.97 Å². The second kappa shape index (κ2) is 8.16. The molecule has 8 heteroatoms. The minimum atomic E-state index is -0.471. The first-order chi connectivity index (χ1) is 14.5. The number of aryl methyl sites for hydroxylation is 1. The number of fused-ring (bicyclic) bond motifs is 1. The maximum atomic E-state index is 13.0. The molecule has 30 heavy (non-hydrogen) atoms. The van der Waals surface area contributed by atoms with Crippen molar-refractivity contribution in [3.63, 3.8) is 0 Å². The molecule has 7 nitrogen and oxygen atoms in total. The van der Waals surface area contributed by atoms with Crippen LogP contribution in [0.1, 0.15) is 27.9 Å². The van der Waals surface area contributed by atoms with Crippen molar-refractivity contribution in [3.05, 3.63) is 76.7 Å². The highest BCUT2D eigenvalue weighted by atomic mass is 79.9. The topological polar surface area (TPSA) is 78.1 Å². The number of anilines is 1. The summed E-state index contributed by atoms with van der Waals surface area (Å²) < 4.78 is 9.14. The molecule has 0 aliphatic carbocycles. The predicted molar refractivity (Wildman–Crippen MR) is 118 cm³/mol. The van der Waals surface area contributed by atoms with Crippen LogP contribution in [0, 0.1) is 0 Å². The average molecular weight is 467 g/mol. The van der Waals surface area contributed by atoms with Crippen LogP contribution in [0.25, 0.3) is 16.6 Å². The van der Waals surface area contributed by atoms with Crippen molar-refractivity contribution in [3.8, 4) is 5.69 Å². The van der Waals surface area contributed by atoms with Crippen LogP contribution in [0.2, 0.25) is 0 Å². The molecule has 2 aromatic heterocycles. The van der Waals surface area contributed by atoms with Crippen molar-refractivity contribution in [2.45, 2.75) is 6.92 Å². The molecule has 0 spiro atoms. The van der Waals surface area contributed by atoms with Crippen LogP contribution in [0.4, 0.5) is 5.69 Å². The molecule has 1 N–H and O–H groups in total. The third kappa shape index (κ3) is 3.61. The maximum absolute atomic E-state index is 13.0. The molecule has 4 rings (SSSR count). The molecule has 0 fully saturated rings. The van der Waals surface area contributed by atoms with E-state index in [-0.39, 0.29) is 18.2 Å². The van der Waals surface area contributed by atoms with E-state index in [9.17, 15) is 9.59 Å². The van der Waals surface area contributed by atoms with Gasteiger partial charge in [0.15, 0.2) is 5.69 Å². The summed E-state index contributed by atoms with van der Waals surface area (Å²) in [4.78, 5) is 24.8. The molecule has 1 amide bonds. The van der Waals surface area contributed by atoms with Gasteiger partial charge in [-0.05, 0) is 53.2 Å². The number of benzene rings is 2. The summed E-state index contributed by atoms with van der Waals surface area (Å²) >= 11 is 3.56. The SMILES string of the molecule is CCOC(=O)c1ccn(-c2cccc(NC(=O)c3c(Br)c4ccccc4n3C)c2)n1. The Morgan fingerprint density at radius 1 is 1.13 bits per heavy atom. The third-order valence-electron chi connectivity index (χ3n) is 4.70. The first-order valence-electron chi connectivity index (χ1n) is 9.37. The second-order valence-electron chi connectivity index (χ2n) is 6.61. The summed E-state index contributed by atoms with van der Waals surface area (Å²) in [6.45, 7) is 2.03. The molecule has 152 valence electrons. The first-order valence-corrected chi connectivity index (χ1v) is 10.2. The van der Waals surface area contributed by atoms with E-state index in [0.29, 0.717) is 17.1 Å². The summed E-state index contributed by atoms with van der Waals surface area (Å²) in [6, 6.07) is 16.6. The number of nitrogens with zero attached hydrogens (tertiary/aromatic N) is 3. The van der Waals surface area contributed by atoms with Crippen molar-refractivity contribution in [2.24, 2.45) is 7.05 Å². The van der Waals surface area contributed by atoms with Crippen LogP contribution < -0.4 is 5.32 Å². The van der Waals surface area contributed by atoms with Gasteiger partial charge in [-0.2, -0.15) is 5.10 Å². The van der Waals surface area contributed by atoms with Gasteiger partial charge in [-0.25, -0.2) is 9.48 Å². The van der Waals surface area contributed by atoms with Gasteiger partial charge in [-0.15, -0.1) is 0 Å². The average Bonchev–Trinajstić information content (AvgIpc) is 3.33. The van der Waals surface area contributed by atoms with E-state index in [0.717, 1.165) is 15.4 Å². The fourth-order valence-corrected chi connectivity index (χ4v) is 4.08. The zero-order chi connectivity index (χ0) is 21.3. The minimum absolute atomic E-state index is 0.228. The van der Waals surface area contributed by atoms with E-state index in [1.54, 1.807) is 36.0 Å². The Bertz CT molecular complexity index is 1220.